The van der Waals surface area contributed by atoms with Crippen molar-refractivity contribution in [2.75, 3.05) is 5.32 Å². The van der Waals surface area contributed by atoms with Crippen LogP contribution in [0.5, 0.6) is 0 Å². The molecular weight excluding hydrogens is 532 g/mol. The number of aliphatic hydroxyl groups excluding tert-OH is 1. The topological polar surface area (TPSA) is 95.5 Å². The Kier molecular flexibility index (Phi) is 9.58. The predicted octanol–water partition coefficient (Wildman–Crippen LogP) is 4.62. The maximum absolute atomic E-state index is 14.3. The Hall–Kier alpha value is -1.15. The summed E-state index contributed by atoms with van der Waals surface area (Å²) in [6, 6.07) is 2.19. The summed E-state index contributed by atoms with van der Waals surface area (Å²) >= 11 is 17.9. The van der Waals surface area contributed by atoms with Crippen LogP contribution in [0.3, 0.4) is 0 Å². The van der Waals surface area contributed by atoms with Gasteiger partial charge in [0.15, 0.2) is 11.6 Å². The van der Waals surface area contributed by atoms with Crippen LogP contribution < -0.4 is 10.0 Å². The minimum Gasteiger partial charge on any atom is -0.391 e. The molecule has 14 heteroatoms. The van der Waals surface area contributed by atoms with Gasteiger partial charge in [-0.3, -0.25) is 4.79 Å². The normalized spacial score (nSPS) is 18.1. The molecule has 0 bridgehead atoms. The van der Waals surface area contributed by atoms with E-state index in [1.807, 2.05) is 0 Å². The monoisotopic (exact) mass is 548 g/mol. The van der Waals surface area contributed by atoms with Crippen LogP contribution in [-0.2, 0) is 10.0 Å². The van der Waals surface area contributed by atoms with E-state index in [9.17, 15) is 31.5 Å². The van der Waals surface area contributed by atoms with Gasteiger partial charge >= 0.3 is 0 Å². The first-order valence-electron chi connectivity index (χ1n) is 8.85. The molecule has 6 nitrogen and oxygen atoms in total. The summed E-state index contributed by atoms with van der Waals surface area (Å²) in [4.78, 5) is 11.6. The van der Waals surface area contributed by atoms with Crippen molar-refractivity contribution in [1.82, 2.24) is 4.72 Å². The Morgan fingerprint density at radius 2 is 1.69 bits per heavy atom. The standard InChI is InChI=1S/C18H15Cl2F3N2O4S.H2S2/c19-10-7-12(21)16(30(28,29)25-14-2-1-3-15(14)26)6-9(10)18(27)24-8-4-11(20)17(23)13(22)5-8;1-2/h4-7,14-15,25-26H,1-3H2,(H,24,27);1-2H. The van der Waals surface area contributed by atoms with E-state index in [1.54, 1.807) is 0 Å². The van der Waals surface area contributed by atoms with E-state index in [0.29, 0.717) is 31.4 Å². The summed E-state index contributed by atoms with van der Waals surface area (Å²) in [7, 11) is -4.43. The Balaban J connectivity index is 0.00000176. The zero-order chi connectivity index (χ0) is 24.2. The van der Waals surface area contributed by atoms with Crippen LogP contribution in [0.4, 0.5) is 18.9 Å². The van der Waals surface area contributed by atoms with Crippen molar-refractivity contribution < 1.29 is 31.5 Å². The molecule has 32 heavy (non-hydrogen) atoms. The molecule has 3 rings (SSSR count). The van der Waals surface area contributed by atoms with Crippen LogP contribution in [0.25, 0.3) is 0 Å². The zero-order valence-electron chi connectivity index (χ0n) is 15.9. The lowest BCUT2D eigenvalue weighted by Crippen LogP contribution is -2.40. The van der Waals surface area contributed by atoms with Gasteiger partial charge in [0.2, 0.25) is 10.0 Å². The van der Waals surface area contributed by atoms with Gasteiger partial charge in [-0.1, -0.05) is 23.2 Å². The number of hydrogen-bond acceptors (Lipinski definition) is 6. The number of sulfonamides is 1. The molecule has 1 fully saturated rings. The molecule has 176 valence electrons. The van der Waals surface area contributed by atoms with Gasteiger partial charge < -0.3 is 10.4 Å². The van der Waals surface area contributed by atoms with Gasteiger partial charge in [-0.15, -0.1) is 23.3 Å². The molecule has 2 unspecified atom stereocenters. The van der Waals surface area contributed by atoms with E-state index in [-0.39, 0.29) is 5.69 Å². The second-order valence-corrected chi connectivity index (χ2v) is 9.19. The molecular formula is C18H17Cl2F3N2O4S3. The number of hydrogen-bond donors (Lipinski definition) is 5. The number of benzene rings is 2. The van der Waals surface area contributed by atoms with Crippen LogP contribution in [0.15, 0.2) is 29.2 Å². The molecule has 0 saturated heterocycles. The maximum Gasteiger partial charge on any atom is 0.257 e. The van der Waals surface area contributed by atoms with E-state index >= 15 is 0 Å². The Labute approximate surface area is 202 Å². The second kappa shape index (κ2) is 11.3. The number of anilines is 1. The van der Waals surface area contributed by atoms with Gasteiger partial charge in [-0.05, 0) is 37.5 Å². The largest absolute Gasteiger partial charge is 0.391 e. The highest BCUT2D eigenvalue weighted by Crippen LogP contribution is 2.28. The van der Waals surface area contributed by atoms with Gasteiger partial charge in [0.25, 0.3) is 5.91 Å². The number of halogens is 5. The van der Waals surface area contributed by atoms with Gasteiger partial charge in [0.1, 0.15) is 10.7 Å². The molecule has 2 aromatic rings. The number of nitrogens with one attached hydrogen (secondary N) is 2. The first-order valence-corrected chi connectivity index (χ1v) is 12.7. The molecule has 0 spiro atoms. The molecule has 1 aliphatic rings. The van der Waals surface area contributed by atoms with Gasteiger partial charge in [0.05, 0.1) is 21.7 Å². The summed E-state index contributed by atoms with van der Waals surface area (Å²) in [6.45, 7) is 0. The molecule has 1 aliphatic carbocycles. The first-order chi connectivity index (χ1) is 15.0. The quantitative estimate of drug-likeness (QED) is 0.214. The number of aliphatic hydroxyl groups is 1. The lowest BCUT2D eigenvalue weighted by molar-refractivity contribution is 0.102. The minimum atomic E-state index is -4.43. The molecule has 0 heterocycles. The fourth-order valence-corrected chi connectivity index (χ4v) is 4.91. The highest BCUT2D eigenvalue weighted by atomic mass is 35.5. The zero-order valence-corrected chi connectivity index (χ0v) is 20.1. The molecule has 3 N–H and O–H groups in total. The predicted molar refractivity (Wildman–Crippen MR) is 123 cm³/mol. The summed E-state index contributed by atoms with van der Waals surface area (Å²) in [6.07, 6.45) is 0.471. The number of carbonyl (C=O) groups excluding carboxylic acids is 1. The molecule has 1 saturated carbocycles. The highest BCUT2D eigenvalue weighted by molar-refractivity contribution is 8.59. The van der Waals surface area contributed by atoms with Crippen LogP contribution in [-0.4, -0.2) is 31.6 Å². The fraction of sp³-hybridized carbons (Fsp3) is 0.278. The average Bonchev–Trinajstić information content (AvgIpc) is 3.11. The van der Waals surface area contributed by atoms with E-state index in [4.69, 9.17) is 23.2 Å². The van der Waals surface area contributed by atoms with E-state index < -0.39 is 66.0 Å². The lowest BCUT2D eigenvalue weighted by atomic mass is 10.2. The number of thiol groups is 2. The molecule has 0 aliphatic heterocycles. The number of amides is 1. The van der Waals surface area contributed by atoms with Crippen molar-refractivity contribution in [1.29, 1.82) is 0 Å². The van der Waals surface area contributed by atoms with Crippen molar-refractivity contribution in [3.05, 3.63) is 57.3 Å². The van der Waals surface area contributed by atoms with Crippen molar-refractivity contribution in [3.8, 4) is 0 Å². The van der Waals surface area contributed by atoms with Crippen LogP contribution in [0.1, 0.15) is 29.6 Å². The van der Waals surface area contributed by atoms with Crippen molar-refractivity contribution in [2.45, 2.75) is 36.3 Å². The van der Waals surface area contributed by atoms with Crippen molar-refractivity contribution in [3.63, 3.8) is 0 Å². The average molecular weight is 549 g/mol. The maximum atomic E-state index is 14.3. The Morgan fingerprint density at radius 3 is 2.25 bits per heavy atom. The van der Waals surface area contributed by atoms with Gasteiger partial charge in [0, 0.05) is 17.8 Å². The Morgan fingerprint density at radius 1 is 1.03 bits per heavy atom. The SMILES string of the molecule is O=C(Nc1cc(F)c(F)c(Cl)c1)c1cc(S(=O)(=O)NC2CCCC2O)c(F)cc1Cl.SS. The lowest BCUT2D eigenvalue weighted by Gasteiger charge is -2.17. The number of carbonyl (C=O) groups is 1. The van der Waals surface area contributed by atoms with Crippen LogP contribution in [0.2, 0.25) is 10.0 Å². The second-order valence-electron chi connectivity index (χ2n) is 6.70. The van der Waals surface area contributed by atoms with Crippen molar-refractivity contribution in [2.24, 2.45) is 0 Å². The fourth-order valence-electron chi connectivity index (χ4n) is 3.08. The summed E-state index contributed by atoms with van der Waals surface area (Å²) in [5.74, 6) is -4.82. The third kappa shape index (κ3) is 6.25. The van der Waals surface area contributed by atoms with Crippen LogP contribution >= 0.6 is 46.5 Å². The molecule has 0 aromatic heterocycles. The molecule has 2 atom stereocenters. The molecule has 1 amide bonds. The first kappa shape index (κ1) is 27.1. The van der Waals surface area contributed by atoms with E-state index in [1.165, 1.54) is 0 Å². The van der Waals surface area contributed by atoms with E-state index in [0.717, 1.165) is 12.1 Å². The minimum absolute atomic E-state index is 0.221. The van der Waals surface area contributed by atoms with Crippen molar-refractivity contribution >= 4 is 68.1 Å². The summed E-state index contributed by atoms with van der Waals surface area (Å²) in [5.41, 5.74) is -0.646. The molecule has 0 radical (unpaired) electrons. The van der Waals surface area contributed by atoms with E-state index in [2.05, 4.69) is 33.4 Å². The summed E-state index contributed by atoms with van der Waals surface area (Å²) < 4.78 is 68.5. The molecule has 2 aromatic carbocycles. The van der Waals surface area contributed by atoms with Crippen LogP contribution in [0, 0.1) is 17.5 Å². The summed E-state index contributed by atoms with van der Waals surface area (Å²) in [5, 5.41) is 11.0. The third-order valence-electron chi connectivity index (χ3n) is 4.58. The third-order valence-corrected chi connectivity index (χ3v) is 6.68. The van der Waals surface area contributed by atoms with Gasteiger partial charge in [-0.25, -0.2) is 26.3 Å². The smallest absolute Gasteiger partial charge is 0.257 e. The Bertz CT molecular complexity index is 1100. The highest BCUT2D eigenvalue weighted by Gasteiger charge is 2.32. The van der Waals surface area contributed by atoms with Gasteiger partial charge in [-0.2, -0.15) is 0 Å². The number of rotatable bonds is 5.